The second-order valence-electron chi connectivity index (χ2n) is 9.79. The zero-order valence-corrected chi connectivity index (χ0v) is 18.3. The normalized spacial score (nSPS) is 30.8. The van der Waals surface area contributed by atoms with E-state index >= 15 is 0 Å². The highest BCUT2D eigenvalue weighted by atomic mass is 16.5. The fourth-order valence-electron chi connectivity index (χ4n) is 4.40. The number of aliphatic hydroxyl groups is 3. The molecule has 0 fully saturated rings. The number of allylic oxidation sites excluding steroid dienone is 2. The highest BCUT2D eigenvalue weighted by Gasteiger charge is 2.42. The number of ether oxygens (including phenoxy) is 1. The number of hydrogen-bond donors (Lipinski definition) is 4. The van der Waals surface area contributed by atoms with Gasteiger partial charge in [-0.05, 0) is 57.4 Å². The Morgan fingerprint density at radius 2 is 1.90 bits per heavy atom. The molecule has 2 aliphatic rings. The molecule has 0 saturated carbocycles. The van der Waals surface area contributed by atoms with E-state index in [4.69, 9.17) is 9.84 Å². The average molecular weight is 425 g/mol. The number of rotatable bonds is 8. The Balaban J connectivity index is 2.11. The fraction of sp³-hybridized carbons (Fsp3) is 0.739. The number of aliphatic carboxylic acids is 1. The molecule has 170 valence electrons. The van der Waals surface area contributed by atoms with Gasteiger partial charge in [-0.25, -0.2) is 0 Å². The van der Waals surface area contributed by atoms with Gasteiger partial charge in [0.25, 0.3) is 0 Å². The Kier molecular flexibility index (Phi) is 8.25. The molecule has 0 bridgehead atoms. The summed E-state index contributed by atoms with van der Waals surface area (Å²) in [6, 6.07) is 0. The summed E-state index contributed by atoms with van der Waals surface area (Å²) in [6.07, 6.45) is 3.86. The molecule has 7 heteroatoms. The second kappa shape index (κ2) is 10.1. The van der Waals surface area contributed by atoms with Gasteiger partial charge in [0.15, 0.2) is 0 Å². The molecule has 7 nitrogen and oxygen atoms in total. The maximum atomic E-state index is 12.5. The van der Waals surface area contributed by atoms with Gasteiger partial charge in [-0.2, -0.15) is 0 Å². The van der Waals surface area contributed by atoms with E-state index in [9.17, 15) is 24.9 Å². The van der Waals surface area contributed by atoms with Gasteiger partial charge in [0.1, 0.15) is 6.10 Å². The number of hydrogen-bond acceptors (Lipinski definition) is 6. The van der Waals surface area contributed by atoms with Crippen LogP contribution in [0.25, 0.3) is 0 Å². The van der Waals surface area contributed by atoms with Crippen LogP contribution in [-0.2, 0) is 14.3 Å². The van der Waals surface area contributed by atoms with Crippen LogP contribution < -0.4 is 0 Å². The molecule has 0 radical (unpaired) electrons. The lowest BCUT2D eigenvalue weighted by Gasteiger charge is -2.43. The molecule has 30 heavy (non-hydrogen) atoms. The van der Waals surface area contributed by atoms with Crippen molar-refractivity contribution in [2.75, 3.05) is 0 Å². The van der Waals surface area contributed by atoms with Crippen molar-refractivity contribution in [3.8, 4) is 0 Å². The predicted octanol–water partition coefficient (Wildman–Crippen LogP) is 2.44. The zero-order chi connectivity index (χ0) is 22.6. The van der Waals surface area contributed by atoms with Gasteiger partial charge in [-0.15, -0.1) is 0 Å². The van der Waals surface area contributed by atoms with Gasteiger partial charge in [-0.1, -0.05) is 25.2 Å². The van der Waals surface area contributed by atoms with E-state index in [-0.39, 0.29) is 30.1 Å². The minimum atomic E-state index is -1.10. The average Bonchev–Trinajstić information content (AvgIpc) is 2.59. The molecular formula is C23H36O7. The lowest BCUT2D eigenvalue weighted by Crippen LogP contribution is -2.44. The fourth-order valence-corrected chi connectivity index (χ4v) is 4.40. The van der Waals surface area contributed by atoms with E-state index in [0.717, 1.165) is 5.57 Å². The molecule has 0 aromatic heterocycles. The second-order valence-corrected chi connectivity index (χ2v) is 9.79. The van der Waals surface area contributed by atoms with E-state index in [1.54, 1.807) is 20.8 Å². The van der Waals surface area contributed by atoms with Crippen molar-refractivity contribution in [2.24, 2.45) is 23.2 Å². The Hall–Kier alpha value is -1.70. The first-order valence-electron chi connectivity index (χ1n) is 10.8. The minimum absolute atomic E-state index is 0.0117. The number of carbonyl (C=O) groups excluding carboxylic acids is 1. The third-order valence-corrected chi connectivity index (χ3v) is 6.03. The smallest absolute Gasteiger partial charge is 0.311 e. The molecule has 4 N–H and O–H groups in total. The van der Waals surface area contributed by atoms with Gasteiger partial charge >= 0.3 is 11.9 Å². The van der Waals surface area contributed by atoms with Crippen LogP contribution in [-0.4, -0.2) is 56.8 Å². The number of carboxylic acid groups (broad SMARTS) is 1. The molecule has 7 atom stereocenters. The topological polar surface area (TPSA) is 124 Å². The maximum Gasteiger partial charge on any atom is 0.311 e. The first kappa shape index (κ1) is 24.6. The van der Waals surface area contributed by atoms with Crippen LogP contribution >= 0.6 is 0 Å². The van der Waals surface area contributed by atoms with Gasteiger partial charge in [-0.3, -0.25) is 9.59 Å². The van der Waals surface area contributed by atoms with Crippen LogP contribution in [0, 0.1) is 23.2 Å². The molecule has 2 rings (SSSR count). The molecule has 7 unspecified atom stereocenters. The number of aliphatic hydroxyl groups excluding tert-OH is 3. The van der Waals surface area contributed by atoms with Gasteiger partial charge in [0.2, 0.25) is 0 Å². The Bertz CT molecular complexity index is 676. The van der Waals surface area contributed by atoms with Crippen molar-refractivity contribution in [1.29, 1.82) is 0 Å². The summed E-state index contributed by atoms with van der Waals surface area (Å²) in [5.74, 6) is -1.19. The van der Waals surface area contributed by atoms with Crippen molar-refractivity contribution in [1.82, 2.24) is 0 Å². The van der Waals surface area contributed by atoms with Gasteiger partial charge in [0.05, 0.1) is 30.1 Å². The number of fused-ring (bicyclic) bond motifs is 1. The largest absolute Gasteiger partial charge is 0.481 e. The summed E-state index contributed by atoms with van der Waals surface area (Å²) in [6.45, 7) is 7.47. The van der Waals surface area contributed by atoms with Crippen LogP contribution in [0.15, 0.2) is 23.8 Å². The zero-order valence-electron chi connectivity index (χ0n) is 18.3. The molecule has 0 aromatic rings. The molecule has 0 spiro atoms. The van der Waals surface area contributed by atoms with Crippen LogP contribution in [0.3, 0.4) is 0 Å². The lowest BCUT2D eigenvalue weighted by molar-refractivity contribution is -0.164. The molecule has 2 aliphatic carbocycles. The maximum absolute atomic E-state index is 12.5. The summed E-state index contributed by atoms with van der Waals surface area (Å²) in [5, 5.41) is 39.1. The van der Waals surface area contributed by atoms with E-state index in [1.165, 1.54) is 0 Å². The number of esters is 1. The lowest BCUT2D eigenvalue weighted by atomic mass is 9.66. The highest BCUT2D eigenvalue weighted by Crippen LogP contribution is 2.44. The SMILES string of the molecule is CC1C=CC2=CC(O)CC(OC(=O)C(C)(C)C)C2C1CCC(O)CC(O)CC(=O)O. The number of carbonyl (C=O) groups is 2. The summed E-state index contributed by atoms with van der Waals surface area (Å²) < 4.78 is 5.85. The van der Waals surface area contributed by atoms with Gasteiger partial charge < -0.3 is 25.2 Å². The first-order valence-corrected chi connectivity index (χ1v) is 10.8. The monoisotopic (exact) mass is 424 g/mol. The third-order valence-electron chi connectivity index (χ3n) is 6.03. The standard InChI is InChI=1S/C23H36O7/c1-13-5-6-14-9-16(25)11-19(30-22(29)23(2,3)4)21(14)18(13)8-7-15(24)10-17(26)12-20(27)28/h5-6,9,13,15-19,21,24-26H,7-8,10-12H2,1-4H3,(H,27,28). The molecule has 0 aliphatic heterocycles. The summed E-state index contributed by atoms with van der Waals surface area (Å²) >= 11 is 0. The van der Waals surface area contributed by atoms with E-state index in [1.807, 2.05) is 12.2 Å². The van der Waals surface area contributed by atoms with Crippen molar-refractivity contribution in [3.63, 3.8) is 0 Å². The Labute approximate surface area is 178 Å². The quantitative estimate of drug-likeness (QED) is 0.441. The van der Waals surface area contributed by atoms with Crippen molar-refractivity contribution in [3.05, 3.63) is 23.8 Å². The van der Waals surface area contributed by atoms with Crippen molar-refractivity contribution in [2.45, 2.75) is 84.2 Å². The summed E-state index contributed by atoms with van der Waals surface area (Å²) in [5.41, 5.74) is 0.304. The van der Waals surface area contributed by atoms with Crippen LogP contribution in [0.2, 0.25) is 0 Å². The van der Waals surface area contributed by atoms with Crippen molar-refractivity contribution >= 4 is 11.9 Å². The highest BCUT2D eigenvalue weighted by molar-refractivity contribution is 5.75. The predicted molar refractivity (Wildman–Crippen MR) is 111 cm³/mol. The van der Waals surface area contributed by atoms with Crippen molar-refractivity contribution < 1.29 is 34.8 Å². The Morgan fingerprint density at radius 3 is 2.50 bits per heavy atom. The van der Waals surface area contributed by atoms with E-state index in [2.05, 4.69) is 13.0 Å². The number of carboxylic acids is 1. The summed E-state index contributed by atoms with van der Waals surface area (Å²) in [7, 11) is 0. The van der Waals surface area contributed by atoms with E-state index < -0.39 is 42.2 Å². The molecule has 0 amide bonds. The first-order chi connectivity index (χ1) is 13.9. The minimum Gasteiger partial charge on any atom is -0.481 e. The Morgan fingerprint density at radius 1 is 1.23 bits per heavy atom. The van der Waals surface area contributed by atoms with Crippen LogP contribution in [0.1, 0.15) is 59.8 Å². The van der Waals surface area contributed by atoms with E-state index in [0.29, 0.717) is 19.3 Å². The molecule has 0 saturated heterocycles. The molecule has 0 heterocycles. The third kappa shape index (κ3) is 6.65. The van der Waals surface area contributed by atoms with Gasteiger partial charge in [0, 0.05) is 12.3 Å². The van der Waals surface area contributed by atoms with Crippen LogP contribution in [0.5, 0.6) is 0 Å². The molecular weight excluding hydrogens is 388 g/mol. The summed E-state index contributed by atoms with van der Waals surface area (Å²) in [4.78, 5) is 23.2. The molecule has 0 aromatic carbocycles. The van der Waals surface area contributed by atoms with Crippen LogP contribution in [0.4, 0.5) is 0 Å².